The van der Waals surface area contributed by atoms with Gasteiger partial charge in [0.25, 0.3) is 0 Å². The molecule has 0 saturated carbocycles. The molecular formula is C24H23NO3. The average Bonchev–Trinajstić information content (AvgIpc) is 2.79. The van der Waals surface area contributed by atoms with Gasteiger partial charge in [-0.3, -0.25) is 4.90 Å². The number of hydrogen-bond acceptors (Lipinski definition) is 3. The first-order valence-electron chi connectivity index (χ1n) is 9.52. The zero-order valence-corrected chi connectivity index (χ0v) is 15.6. The Bertz CT molecular complexity index is 883. The molecule has 3 aromatic carbocycles. The van der Waals surface area contributed by atoms with Crippen molar-refractivity contribution in [3.8, 4) is 0 Å². The van der Waals surface area contributed by atoms with Crippen LogP contribution < -0.4 is 0 Å². The topological polar surface area (TPSA) is 38.8 Å². The minimum atomic E-state index is -0.318. The fourth-order valence-corrected chi connectivity index (χ4v) is 3.60. The Morgan fingerprint density at radius 3 is 2.07 bits per heavy atom. The number of ether oxygens (including phenoxy) is 2. The first-order chi connectivity index (χ1) is 13.8. The molecule has 0 unspecified atom stereocenters. The van der Waals surface area contributed by atoms with Gasteiger partial charge in [-0.1, -0.05) is 91.0 Å². The maximum Gasteiger partial charge on any atom is 0.410 e. The third kappa shape index (κ3) is 4.07. The predicted octanol–water partition coefficient (Wildman–Crippen LogP) is 5.14. The molecule has 4 heteroatoms. The molecule has 4 rings (SSSR count). The lowest BCUT2D eigenvalue weighted by molar-refractivity contribution is -0.0700. The van der Waals surface area contributed by atoms with Crippen molar-refractivity contribution in [2.75, 3.05) is 13.2 Å². The van der Waals surface area contributed by atoms with Crippen LogP contribution in [0.25, 0.3) is 0 Å². The van der Waals surface area contributed by atoms with Crippen LogP contribution in [0.2, 0.25) is 0 Å². The Hall–Kier alpha value is -3.11. The fraction of sp³-hybridized carbons (Fsp3) is 0.208. The molecule has 28 heavy (non-hydrogen) atoms. The quantitative estimate of drug-likeness (QED) is 0.636. The van der Waals surface area contributed by atoms with Crippen LogP contribution in [0, 0.1) is 0 Å². The highest BCUT2D eigenvalue weighted by Gasteiger charge is 2.38. The third-order valence-electron chi connectivity index (χ3n) is 4.96. The molecular weight excluding hydrogens is 350 g/mol. The van der Waals surface area contributed by atoms with Crippen LogP contribution in [0.5, 0.6) is 0 Å². The van der Waals surface area contributed by atoms with Gasteiger partial charge in [-0.2, -0.15) is 0 Å². The lowest BCUT2D eigenvalue weighted by Gasteiger charge is -2.41. The van der Waals surface area contributed by atoms with Crippen LogP contribution in [0.15, 0.2) is 91.0 Å². The number of nitrogens with zero attached hydrogens (tertiary/aromatic N) is 1. The van der Waals surface area contributed by atoms with Gasteiger partial charge in [-0.15, -0.1) is 0 Å². The van der Waals surface area contributed by atoms with E-state index in [0.717, 1.165) is 16.7 Å². The Labute approximate surface area is 165 Å². The van der Waals surface area contributed by atoms with Gasteiger partial charge in [0, 0.05) is 6.54 Å². The third-order valence-corrected chi connectivity index (χ3v) is 4.96. The Balaban J connectivity index is 1.59. The number of hydrogen-bond donors (Lipinski definition) is 0. The predicted molar refractivity (Wildman–Crippen MR) is 108 cm³/mol. The van der Waals surface area contributed by atoms with E-state index in [-0.39, 0.29) is 24.8 Å². The lowest BCUT2D eigenvalue weighted by atomic mass is 9.93. The summed E-state index contributed by atoms with van der Waals surface area (Å²) in [6, 6.07) is 29.6. The van der Waals surface area contributed by atoms with Crippen LogP contribution in [-0.4, -0.2) is 24.1 Å². The molecule has 0 aromatic heterocycles. The highest BCUT2D eigenvalue weighted by molar-refractivity contribution is 5.69. The second kappa shape index (κ2) is 8.72. The second-order valence-corrected chi connectivity index (χ2v) is 6.79. The van der Waals surface area contributed by atoms with Gasteiger partial charge >= 0.3 is 6.09 Å². The molecule has 1 heterocycles. The van der Waals surface area contributed by atoms with Gasteiger partial charge in [-0.05, 0) is 16.7 Å². The molecule has 0 radical (unpaired) electrons. The summed E-state index contributed by atoms with van der Waals surface area (Å²) in [5, 5.41) is 0. The summed E-state index contributed by atoms with van der Waals surface area (Å²) >= 11 is 0. The van der Waals surface area contributed by atoms with E-state index in [9.17, 15) is 4.79 Å². The molecule has 1 aliphatic heterocycles. The van der Waals surface area contributed by atoms with E-state index in [1.807, 2.05) is 91.0 Å². The standard InChI is InChI=1S/C24H23NO3/c26-24(28-18-19-10-4-1-5-11-19)25-16-17-27-23(21-14-8-3-9-15-21)22(25)20-12-6-2-7-13-20/h1-15,22-23H,16-18H2/t22-,23+/m0/s1. The molecule has 2 atom stereocenters. The fourth-order valence-electron chi connectivity index (χ4n) is 3.60. The summed E-state index contributed by atoms with van der Waals surface area (Å²) in [7, 11) is 0. The van der Waals surface area contributed by atoms with Crippen molar-refractivity contribution < 1.29 is 14.3 Å². The van der Waals surface area contributed by atoms with E-state index in [1.165, 1.54) is 0 Å². The number of carbonyl (C=O) groups excluding carboxylic acids is 1. The summed E-state index contributed by atoms with van der Waals surface area (Å²) in [4.78, 5) is 14.8. The summed E-state index contributed by atoms with van der Waals surface area (Å²) in [6.45, 7) is 1.23. The smallest absolute Gasteiger partial charge is 0.410 e. The lowest BCUT2D eigenvalue weighted by Crippen LogP contribution is -2.45. The minimum absolute atomic E-state index is 0.235. The molecule has 1 saturated heterocycles. The van der Waals surface area contributed by atoms with Gasteiger partial charge in [0.1, 0.15) is 12.7 Å². The van der Waals surface area contributed by atoms with Crippen LogP contribution in [-0.2, 0) is 16.1 Å². The second-order valence-electron chi connectivity index (χ2n) is 6.79. The number of rotatable bonds is 4. The number of benzene rings is 3. The first-order valence-corrected chi connectivity index (χ1v) is 9.52. The molecule has 0 bridgehead atoms. The SMILES string of the molecule is O=C(OCc1ccccc1)N1CCO[C@H](c2ccccc2)[C@@H]1c1ccccc1. The molecule has 0 aliphatic carbocycles. The largest absolute Gasteiger partial charge is 0.445 e. The van der Waals surface area contributed by atoms with Crippen molar-refractivity contribution >= 4 is 6.09 Å². The van der Waals surface area contributed by atoms with Gasteiger partial charge in [0.2, 0.25) is 0 Å². The average molecular weight is 373 g/mol. The van der Waals surface area contributed by atoms with Gasteiger partial charge < -0.3 is 9.47 Å². The van der Waals surface area contributed by atoms with E-state index < -0.39 is 0 Å². The normalized spacial score (nSPS) is 19.2. The molecule has 1 aliphatic rings. The molecule has 142 valence electrons. The number of carbonyl (C=O) groups is 1. The van der Waals surface area contributed by atoms with E-state index >= 15 is 0 Å². The van der Waals surface area contributed by atoms with Crippen molar-refractivity contribution in [2.45, 2.75) is 18.8 Å². The van der Waals surface area contributed by atoms with Gasteiger partial charge in [-0.25, -0.2) is 4.79 Å². The van der Waals surface area contributed by atoms with Gasteiger partial charge in [0.05, 0.1) is 12.6 Å². The highest BCUT2D eigenvalue weighted by atomic mass is 16.6. The first kappa shape index (κ1) is 18.3. The number of amides is 1. The zero-order chi connectivity index (χ0) is 19.2. The van der Waals surface area contributed by atoms with Crippen molar-refractivity contribution in [3.05, 3.63) is 108 Å². The number of morpholine rings is 1. The van der Waals surface area contributed by atoms with Crippen LogP contribution in [0.4, 0.5) is 4.79 Å². The summed E-state index contributed by atoms with van der Waals surface area (Å²) < 4.78 is 11.8. The van der Waals surface area contributed by atoms with E-state index in [2.05, 4.69) is 0 Å². The highest BCUT2D eigenvalue weighted by Crippen LogP contribution is 2.39. The molecule has 0 spiro atoms. The molecule has 0 N–H and O–H groups in total. The Morgan fingerprint density at radius 2 is 1.43 bits per heavy atom. The summed E-state index contributed by atoms with van der Waals surface area (Å²) in [5.74, 6) is 0. The molecule has 4 nitrogen and oxygen atoms in total. The molecule has 1 amide bonds. The van der Waals surface area contributed by atoms with Crippen LogP contribution >= 0.6 is 0 Å². The molecule has 3 aromatic rings. The maximum absolute atomic E-state index is 13.0. The monoisotopic (exact) mass is 373 g/mol. The zero-order valence-electron chi connectivity index (χ0n) is 15.6. The maximum atomic E-state index is 13.0. The van der Waals surface area contributed by atoms with E-state index in [4.69, 9.17) is 9.47 Å². The van der Waals surface area contributed by atoms with Crippen molar-refractivity contribution in [1.82, 2.24) is 4.90 Å². The Morgan fingerprint density at radius 1 is 0.857 bits per heavy atom. The van der Waals surface area contributed by atoms with Crippen molar-refractivity contribution in [1.29, 1.82) is 0 Å². The van der Waals surface area contributed by atoms with Gasteiger partial charge in [0.15, 0.2) is 0 Å². The summed E-state index contributed by atoms with van der Waals surface area (Å²) in [6.07, 6.45) is -0.552. The van der Waals surface area contributed by atoms with E-state index in [1.54, 1.807) is 4.90 Å². The van der Waals surface area contributed by atoms with Crippen LogP contribution in [0.3, 0.4) is 0 Å². The van der Waals surface area contributed by atoms with Crippen molar-refractivity contribution in [2.24, 2.45) is 0 Å². The van der Waals surface area contributed by atoms with E-state index in [0.29, 0.717) is 13.2 Å². The summed E-state index contributed by atoms with van der Waals surface area (Å²) in [5.41, 5.74) is 3.06. The van der Waals surface area contributed by atoms with Crippen molar-refractivity contribution in [3.63, 3.8) is 0 Å². The minimum Gasteiger partial charge on any atom is -0.445 e. The molecule has 1 fully saturated rings. The van der Waals surface area contributed by atoms with Crippen LogP contribution in [0.1, 0.15) is 28.8 Å². The Kier molecular flexibility index (Phi) is 5.69.